The number of ether oxygens (including phenoxy) is 2. The smallest absolute Gasteiger partial charge is 0.200 e. The standard InChI is InChI=1S/C25H33N3O7/c1-25(2,32)19-11-15-17(34-19)12-18-20(23(15)33-13-5-3-4-6-13)21(31)14(8-10-29)22(35-18)16(30)7-9-28-24(26)27/h10,12-13,16,19,30,32H,3-9,11H2,1-2H3,(H4,26,27,28)/t16-,19+/m1/s1. The summed E-state index contributed by atoms with van der Waals surface area (Å²) in [7, 11) is 0. The highest BCUT2D eigenvalue weighted by Crippen LogP contribution is 2.45. The second-order valence-corrected chi connectivity index (χ2v) is 9.80. The van der Waals surface area contributed by atoms with Crippen molar-refractivity contribution in [2.24, 2.45) is 16.5 Å². The number of rotatable bonds is 9. The molecule has 190 valence electrons. The van der Waals surface area contributed by atoms with Crippen molar-refractivity contribution in [1.29, 1.82) is 0 Å². The summed E-state index contributed by atoms with van der Waals surface area (Å²) in [5.74, 6) is 0.709. The molecule has 10 heteroatoms. The van der Waals surface area contributed by atoms with Crippen LogP contribution in [0.1, 0.15) is 68.9 Å². The maximum absolute atomic E-state index is 13.7. The molecule has 0 saturated heterocycles. The minimum Gasteiger partial charge on any atom is -0.489 e. The summed E-state index contributed by atoms with van der Waals surface area (Å²) in [4.78, 5) is 29.0. The van der Waals surface area contributed by atoms with Crippen molar-refractivity contribution < 1.29 is 28.9 Å². The van der Waals surface area contributed by atoms with E-state index in [1.165, 1.54) is 0 Å². The van der Waals surface area contributed by atoms with E-state index in [4.69, 9.17) is 25.4 Å². The van der Waals surface area contributed by atoms with Crippen molar-refractivity contribution in [3.63, 3.8) is 0 Å². The van der Waals surface area contributed by atoms with Crippen LogP contribution in [0.3, 0.4) is 0 Å². The van der Waals surface area contributed by atoms with E-state index >= 15 is 0 Å². The fourth-order valence-corrected chi connectivity index (χ4v) is 4.76. The molecule has 2 heterocycles. The highest BCUT2D eigenvalue weighted by atomic mass is 16.5. The van der Waals surface area contributed by atoms with Gasteiger partial charge in [0.25, 0.3) is 0 Å². The maximum Gasteiger partial charge on any atom is 0.200 e. The molecular weight excluding hydrogens is 454 g/mol. The van der Waals surface area contributed by atoms with Gasteiger partial charge in [0.15, 0.2) is 11.4 Å². The monoisotopic (exact) mass is 487 g/mol. The van der Waals surface area contributed by atoms with Crippen molar-refractivity contribution in [3.8, 4) is 11.5 Å². The average Bonchev–Trinajstić information content (AvgIpc) is 3.44. The summed E-state index contributed by atoms with van der Waals surface area (Å²) in [6.07, 6.45) is 2.85. The number of carbonyl (C=O) groups is 1. The molecule has 1 aromatic heterocycles. The molecule has 1 aliphatic heterocycles. The van der Waals surface area contributed by atoms with Crippen LogP contribution in [0.2, 0.25) is 0 Å². The Kier molecular flexibility index (Phi) is 7.05. The van der Waals surface area contributed by atoms with E-state index < -0.39 is 23.2 Å². The molecular formula is C25H33N3O7. The van der Waals surface area contributed by atoms with Crippen LogP contribution >= 0.6 is 0 Å². The molecule has 35 heavy (non-hydrogen) atoms. The first-order valence-corrected chi connectivity index (χ1v) is 12.0. The van der Waals surface area contributed by atoms with E-state index in [1.807, 2.05) is 0 Å². The molecule has 1 saturated carbocycles. The number of aldehydes is 1. The number of hydrogen-bond donors (Lipinski definition) is 4. The van der Waals surface area contributed by atoms with E-state index in [0.29, 0.717) is 29.8 Å². The Labute approximate surface area is 202 Å². The molecule has 2 aromatic rings. The number of nitrogens with two attached hydrogens (primary N) is 2. The van der Waals surface area contributed by atoms with Gasteiger partial charge in [0.05, 0.1) is 11.7 Å². The van der Waals surface area contributed by atoms with E-state index in [1.54, 1.807) is 19.9 Å². The van der Waals surface area contributed by atoms with Gasteiger partial charge in [-0.05, 0) is 39.5 Å². The maximum atomic E-state index is 13.7. The lowest BCUT2D eigenvalue weighted by molar-refractivity contribution is -0.107. The predicted molar refractivity (Wildman–Crippen MR) is 130 cm³/mol. The van der Waals surface area contributed by atoms with Gasteiger partial charge in [0, 0.05) is 43.0 Å². The van der Waals surface area contributed by atoms with Crippen molar-refractivity contribution in [2.75, 3.05) is 6.54 Å². The molecule has 6 N–H and O–H groups in total. The van der Waals surface area contributed by atoms with Crippen molar-refractivity contribution in [2.45, 2.75) is 82.7 Å². The number of hydrogen-bond acceptors (Lipinski definition) is 8. The predicted octanol–water partition coefficient (Wildman–Crippen LogP) is 1.63. The lowest BCUT2D eigenvalue weighted by atomic mass is 9.95. The zero-order chi connectivity index (χ0) is 25.3. The lowest BCUT2D eigenvalue weighted by Crippen LogP contribution is -2.39. The van der Waals surface area contributed by atoms with Crippen molar-refractivity contribution in [3.05, 3.63) is 33.2 Å². The number of aliphatic hydroxyl groups is 2. The second kappa shape index (κ2) is 9.87. The van der Waals surface area contributed by atoms with Gasteiger partial charge in [-0.3, -0.25) is 9.79 Å². The van der Waals surface area contributed by atoms with Gasteiger partial charge in [0.2, 0.25) is 0 Å². The Morgan fingerprint density at radius 2 is 2.06 bits per heavy atom. The first-order chi connectivity index (χ1) is 16.6. The van der Waals surface area contributed by atoms with Gasteiger partial charge >= 0.3 is 0 Å². The lowest BCUT2D eigenvalue weighted by Gasteiger charge is -2.24. The molecule has 0 amide bonds. The second-order valence-electron chi connectivity index (χ2n) is 9.80. The third-order valence-corrected chi connectivity index (χ3v) is 6.65. The molecule has 0 radical (unpaired) electrons. The Morgan fingerprint density at radius 3 is 2.69 bits per heavy atom. The third-order valence-electron chi connectivity index (χ3n) is 6.65. The molecule has 2 aliphatic rings. The van der Waals surface area contributed by atoms with Crippen LogP contribution < -0.4 is 26.4 Å². The average molecular weight is 488 g/mol. The van der Waals surface area contributed by atoms with Crippen LogP contribution in [0.4, 0.5) is 0 Å². The van der Waals surface area contributed by atoms with Crippen LogP contribution in [0.5, 0.6) is 11.5 Å². The molecule has 1 aromatic carbocycles. The first kappa shape index (κ1) is 25.0. The van der Waals surface area contributed by atoms with Gasteiger partial charge in [0.1, 0.15) is 46.7 Å². The number of aliphatic imine (C=N–C) groups is 1. The Morgan fingerprint density at radius 1 is 1.34 bits per heavy atom. The third kappa shape index (κ3) is 5.13. The summed E-state index contributed by atoms with van der Waals surface area (Å²) in [5, 5.41) is 21.5. The molecule has 0 unspecified atom stereocenters. The highest BCUT2D eigenvalue weighted by molar-refractivity contribution is 5.88. The van der Waals surface area contributed by atoms with Crippen LogP contribution in [-0.4, -0.2) is 46.8 Å². The Balaban J connectivity index is 1.88. The van der Waals surface area contributed by atoms with Gasteiger partial charge in [-0.1, -0.05) is 0 Å². The van der Waals surface area contributed by atoms with E-state index in [2.05, 4.69) is 4.99 Å². The number of carbonyl (C=O) groups excluding carboxylic acids is 1. The summed E-state index contributed by atoms with van der Waals surface area (Å²) in [6.45, 7) is 3.44. The largest absolute Gasteiger partial charge is 0.489 e. The van der Waals surface area contributed by atoms with E-state index in [0.717, 1.165) is 25.7 Å². The number of aliphatic hydroxyl groups excluding tert-OH is 1. The zero-order valence-corrected chi connectivity index (χ0v) is 20.1. The highest BCUT2D eigenvalue weighted by Gasteiger charge is 2.39. The topological polar surface area (TPSA) is 171 Å². The van der Waals surface area contributed by atoms with Crippen LogP contribution in [0, 0.1) is 0 Å². The Hall–Kier alpha value is -3.11. The van der Waals surface area contributed by atoms with Gasteiger partial charge in [-0.25, -0.2) is 0 Å². The zero-order valence-electron chi connectivity index (χ0n) is 20.1. The van der Waals surface area contributed by atoms with Crippen molar-refractivity contribution >= 4 is 23.2 Å². The summed E-state index contributed by atoms with van der Waals surface area (Å²) in [6, 6.07) is 1.59. The minimum atomic E-state index is -1.21. The quantitative estimate of drug-likeness (QED) is 0.233. The summed E-state index contributed by atoms with van der Waals surface area (Å²) >= 11 is 0. The molecule has 10 nitrogen and oxygen atoms in total. The SMILES string of the molecule is CC(C)(O)[C@@H]1Cc2c(cc3oc([C@H](O)CCN=C(N)N)c(CC=O)c(=O)c3c2OC2CCCC2)O1. The normalized spacial score (nSPS) is 18.8. The minimum absolute atomic E-state index is 0.0100. The number of guanidine groups is 1. The number of fused-ring (bicyclic) bond motifs is 2. The molecule has 0 spiro atoms. The van der Waals surface area contributed by atoms with E-state index in [9.17, 15) is 19.8 Å². The molecule has 2 atom stereocenters. The number of benzene rings is 1. The van der Waals surface area contributed by atoms with Crippen molar-refractivity contribution in [1.82, 2.24) is 0 Å². The fraction of sp³-hybridized carbons (Fsp3) is 0.560. The van der Waals surface area contributed by atoms with Crippen LogP contribution in [-0.2, 0) is 17.6 Å². The molecule has 4 rings (SSSR count). The molecule has 1 aliphatic carbocycles. The number of nitrogens with zero attached hydrogens (tertiary/aromatic N) is 1. The van der Waals surface area contributed by atoms with Gasteiger partial charge < -0.3 is 40.4 Å². The molecule has 0 bridgehead atoms. The van der Waals surface area contributed by atoms with Gasteiger partial charge in [-0.15, -0.1) is 0 Å². The van der Waals surface area contributed by atoms with E-state index in [-0.39, 0.29) is 53.7 Å². The Bertz CT molecular complexity index is 1190. The summed E-state index contributed by atoms with van der Waals surface area (Å²) in [5.41, 5.74) is 10.1. The molecule has 1 fully saturated rings. The van der Waals surface area contributed by atoms with Crippen LogP contribution in [0.25, 0.3) is 11.0 Å². The first-order valence-electron chi connectivity index (χ1n) is 12.0. The fourth-order valence-electron chi connectivity index (χ4n) is 4.76. The van der Waals surface area contributed by atoms with Crippen LogP contribution in [0.15, 0.2) is 20.3 Å². The van der Waals surface area contributed by atoms with Gasteiger partial charge in [-0.2, -0.15) is 0 Å². The summed E-state index contributed by atoms with van der Waals surface area (Å²) < 4.78 is 18.5.